The lowest BCUT2D eigenvalue weighted by molar-refractivity contribution is 0.0816. The van der Waals surface area contributed by atoms with E-state index in [1.165, 1.54) is 0 Å². The predicted molar refractivity (Wildman–Crippen MR) is 62.4 cm³/mol. The molecule has 0 radical (unpaired) electrons. The van der Waals surface area contributed by atoms with Crippen molar-refractivity contribution < 1.29 is 15.3 Å². The average Bonchev–Trinajstić information content (AvgIpc) is 2.78. The molecule has 0 saturated carbocycles. The highest BCUT2D eigenvalue weighted by Crippen LogP contribution is 2.20. The smallest absolute Gasteiger partial charge is 0.139 e. The van der Waals surface area contributed by atoms with Gasteiger partial charge in [-0.15, -0.1) is 0 Å². The van der Waals surface area contributed by atoms with Crippen molar-refractivity contribution in [2.45, 2.75) is 12.6 Å². The SMILES string of the molecule is OCC(O)Cn1ccnc1-c1ccc(O)cc1. The molecule has 2 rings (SSSR count). The number of nitrogens with zero attached hydrogens (tertiary/aromatic N) is 2. The topological polar surface area (TPSA) is 78.5 Å². The van der Waals surface area contributed by atoms with Crippen LogP contribution in [-0.2, 0) is 6.54 Å². The van der Waals surface area contributed by atoms with E-state index >= 15 is 0 Å². The van der Waals surface area contributed by atoms with Gasteiger partial charge in [0, 0.05) is 18.0 Å². The summed E-state index contributed by atoms with van der Waals surface area (Å²) in [6, 6.07) is 6.66. The molecule has 1 aromatic heterocycles. The standard InChI is InChI=1S/C12H14N2O3/c15-8-11(17)7-14-6-5-13-12(14)9-1-3-10(16)4-2-9/h1-6,11,15-17H,7-8H2. The van der Waals surface area contributed by atoms with Crippen molar-refractivity contribution in [1.82, 2.24) is 9.55 Å². The van der Waals surface area contributed by atoms with Gasteiger partial charge in [-0.25, -0.2) is 4.98 Å². The van der Waals surface area contributed by atoms with Gasteiger partial charge in [0.05, 0.1) is 19.3 Å². The molecule has 1 atom stereocenters. The van der Waals surface area contributed by atoms with Gasteiger partial charge in [-0.2, -0.15) is 0 Å². The number of hydrogen-bond acceptors (Lipinski definition) is 4. The summed E-state index contributed by atoms with van der Waals surface area (Å²) in [5, 5.41) is 27.4. The summed E-state index contributed by atoms with van der Waals surface area (Å²) in [4.78, 5) is 4.19. The molecular weight excluding hydrogens is 220 g/mol. The molecule has 2 aromatic rings. The molecule has 1 aromatic carbocycles. The quantitative estimate of drug-likeness (QED) is 0.724. The van der Waals surface area contributed by atoms with E-state index < -0.39 is 6.10 Å². The van der Waals surface area contributed by atoms with E-state index in [9.17, 15) is 10.2 Å². The molecule has 17 heavy (non-hydrogen) atoms. The summed E-state index contributed by atoms with van der Waals surface area (Å²) in [7, 11) is 0. The van der Waals surface area contributed by atoms with Crippen molar-refractivity contribution in [1.29, 1.82) is 0 Å². The molecule has 1 unspecified atom stereocenters. The highest BCUT2D eigenvalue weighted by atomic mass is 16.3. The highest BCUT2D eigenvalue weighted by Gasteiger charge is 2.09. The number of imidazole rings is 1. The van der Waals surface area contributed by atoms with Crippen LogP contribution in [0.4, 0.5) is 0 Å². The first-order chi connectivity index (χ1) is 8.20. The predicted octanol–water partition coefficient (Wildman–Crippen LogP) is 0.609. The molecule has 0 saturated heterocycles. The molecule has 0 bridgehead atoms. The minimum atomic E-state index is -0.805. The Morgan fingerprint density at radius 2 is 1.94 bits per heavy atom. The van der Waals surface area contributed by atoms with Gasteiger partial charge in [0.2, 0.25) is 0 Å². The second-order valence-electron chi connectivity index (χ2n) is 3.79. The maximum atomic E-state index is 9.41. The van der Waals surface area contributed by atoms with Crippen LogP contribution in [0, 0.1) is 0 Å². The van der Waals surface area contributed by atoms with E-state index in [1.54, 1.807) is 41.2 Å². The molecule has 0 aliphatic heterocycles. The lowest BCUT2D eigenvalue weighted by Gasteiger charge is -2.11. The fraction of sp³-hybridized carbons (Fsp3) is 0.250. The van der Waals surface area contributed by atoms with Gasteiger partial charge < -0.3 is 19.9 Å². The summed E-state index contributed by atoms with van der Waals surface area (Å²) in [6.45, 7) is -0.0000917. The number of rotatable bonds is 4. The van der Waals surface area contributed by atoms with E-state index in [2.05, 4.69) is 4.98 Å². The van der Waals surface area contributed by atoms with Crippen LogP contribution in [0.2, 0.25) is 0 Å². The van der Waals surface area contributed by atoms with E-state index in [-0.39, 0.29) is 18.9 Å². The molecule has 0 spiro atoms. The van der Waals surface area contributed by atoms with Crippen molar-refractivity contribution in [2.24, 2.45) is 0 Å². The molecule has 5 heteroatoms. The Morgan fingerprint density at radius 3 is 2.59 bits per heavy atom. The van der Waals surface area contributed by atoms with Crippen molar-refractivity contribution >= 4 is 0 Å². The molecule has 0 aliphatic rings. The third kappa shape index (κ3) is 2.64. The zero-order valence-electron chi connectivity index (χ0n) is 9.19. The molecule has 5 nitrogen and oxygen atoms in total. The van der Waals surface area contributed by atoms with Crippen LogP contribution in [0.3, 0.4) is 0 Å². The van der Waals surface area contributed by atoms with Crippen LogP contribution in [0.1, 0.15) is 0 Å². The normalized spacial score (nSPS) is 12.6. The number of aliphatic hydroxyl groups is 2. The largest absolute Gasteiger partial charge is 0.508 e. The molecule has 3 N–H and O–H groups in total. The van der Waals surface area contributed by atoms with E-state index in [4.69, 9.17) is 5.11 Å². The minimum absolute atomic E-state index is 0.197. The number of hydrogen-bond donors (Lipinski definition) is 3. The Hall–Kier alpha value is -1.85. The Balaban J connectivity index is 2.27. The van der Waals surface area contributed by atoms with Crippen LogP contribution in [-0.4, -0.2) is 37.6 Å². The van der Waals surface area contributed by atoms with E-state index in [0.29, 0.717) is 5.82 Å². The number of benzene rings is 1. The molecular formula is C12H14N2O3. The van der Waals surface area contributed by atoms with Gasteiger partial charge in [-0.3, -0.25) is 0 Å². The minimum Gasteiger partial charge on any atom is -0.508 e. The second kappa shape index (κ2) is 4.99. The lowest BCUT2D eigenvalue weighted by atomic mass is 10.2. The first kappa shape index (κ1) is 11.6. The monoisotopic (exact) mass is 234 g/mol. The molecule has 1 heterocycles. The summed E-state index contributed by atoms with van der Waals surface area (Å²) in [5.41, 5.74) is 0.845. The molecule has 0 aliphatic carbocycles. The molecule has 0 amide bonds. The fourth-order valence-electron chi connectivity index (χ4n) is 1.61. The van der Waals surface area contributed by atoms with Crippen molar-refractivity contribution in [2.75, 3.05) is 6.61 Å². The van der Waals surface area contributed by atoms with Crippen LogP contribution < -0.4 is 0 Å². The Morgan fingerprint density at radius 1 is 1.24 bits per heavy atom. The summed E-state index contributed by atoms with van der Waals surface area (Å²) in [6.07, 6.45) is 2.56. The molecule has 90 valence electrons. The van der Waals surface area contributed by atoms with Gasteiger partial charge in [0.25, 0.3) is 0 Å². The Kier molecular flexibility index (Phi) is 3.41. The van der Waals surface area contributed by atoms with Crippen LogP contribution >= 0.6 is 0 Å². The van der Waals surface area contributed by atoms with E-state index in [0.717, 1.165) is 5.56 Å². The number of aromatic hydroxyl groups is 1. The Labute approximate surface area is 98.6 Å². The second-order valence-corrected chi connectivity index (χ2v) is 3.79. The van der Waals surface area contributed by atoms with Crippen LogP contribution in [0.5, 0.6) is 5.75 Å². The number of aliphatic hydroxyl groups excluding tert-OH is 2. The highest BCUT2D eigenvalue weighted by molar-refractivity contribution is 5.56. The maximum Gasteiger partial charge on any atom is 0.139 e. The number of phenols is 1. The van der Waals surface area contributed by atoms with Gasteiger partial charge in [-0.05, 0) is 24.3 Å². The Bertz CT molecular complexity index is 479. The lowest BCUT2D eigenvalue weighted by Crippen LogP contribution is -2.19. The summed E-state index contributed by atoms with van der Waals surface area (Å²) in [5.74, 6) is 0.889. The summed E-state index contributed by atoms with van der Waals surface area (Å²) < 4.78 is 1.76. The van der Waals surface area contributed by atoms with Gasteiger partial charge >= 0.3 is 0 Å². The zero-order valence-corrected chi connectivity index (χ0v) is 9.19. The zero-order chi connectivity index (χ0) is 12.3. The fourth-order valence-corrected chi connectivity index (χ4v) is 1.61. The van der Waals surface area contributed by atoms with Gasteiger partial charge in [-0.1, -0.05) is 0 Å². The average molecular weight is 234 g/mol. The first-order valence-corrected chi connectivity index (χ1v) is 5.30. The van der Waals surface area contributed by atoms with E-state index in [1.807, 2.05) is 0 Å². The van der Waals surface area contributed by atoms with Crippen LogP contribution in [0.25, 0.3) is 11.4 Å². The number of phenolic OH excluding ortho intramolecular Hbond substituents is 1. The molecule has 0 fully saturated rings. The van der Waals surface area contributed by atoms with Gasteiger partial charge in [0.1, 0.15) is 11.6 Å². The third-order valence-electron chi connectivity index (χ3n) is 2.46. The third-order valence-corrected chi connectivity index (χ3v) is 2.46. The summed E-state index contributed by atoms with van der Waals surface area (Å²) >= 11 is 0. The van der Waals surface area contributed by atoms with Gasteiger partial charge in [0.15, 0.2) is 0 Å². The van der Waals surface area contributed by atoms with Crippen molar-refractivity contribution in [3.63, 3.8) is 0 Å². The van der Waals surface area contributed by atoms with Crippen molar-refractivity contribution in [3.8, 4) is 17.1 Å². The maximum absolute atomic E-state index is 9.41. The first-order valence-electron chi connectivity index (χ1n) is 5.30. The van der Waals surface area contributed by atoms with Crippen LogP contribution in [0.15, 0.2) is 36.7 Å². The van der Waals surface area contributed by atoms with Crippen molar-refractivity contribution in [3.05, 3.63) is 36.7 Å². The number of aromatic nitrogens is 2.